The fourth-order valence-corrected chi connectivity index (χ4v) is 5.03. The average Bonchev–Trinajstić information content (AvgIpc) is 3.45. The lowest BCUT2D eigenvalue weighted by Gasteiger charge is -2.34. The van der Waals surface area contributed by atoms with Crippen LogP contribution in [0.4, 0.5) is 17.2 Å². The van der Waals surface area contributed by atoms with Crippen LogP contribution >= 0.6 is 0 Å². The van der Waals surface area contributed by atoms with Crippen molar-refractivity contribution in [2.24, 2.45) is 5.73 Å². The lowest BCUT2D eigenvalue weighted by atomic mass is 10.0. The highest BCUT2D eigenvalue weighted by atomic mass is 16.1. The van der Waals surface area contributed by atoms with Crippen LogP contribution in [0.5, 0.6) is 0 Å². The third-order valence-electron chi connectivity index (χ3n) is 7.07. The summed E-state index contributed by atoms with van der Waals surface area (Å²) >= 11 is 0. The first-order chi connectivity index (χ1) is 17.6. The van der Waals surface area contributed by atoms with Crippen molar-refractivity contribution in [3.05, 3.63) is 77.2 Å². The van der Waals surface area contributed by atoms with Gasteiger partial charge < -0.3 is 20.9 Å². The molecule has 184 valence electrons. The molecule has 1 amide bonds. The molecule has 0 bridgehead atoms. The highest BCUT2D eigenvalue weighted by Gasteiger charge is 2.22. The molecule has 0 saturated carbocycles. The van der Waals surface area contributed by atoms with E-state index in [4.69, 9.17) is 11.0 Å². The van der Waals surface area contributed by atoms with Crippen LogP contribution in [0.3, 0.4) is 0 Å². The summed E-state index contributed by atoms with van der Waals surface area (Å²) in [6.07, 6.45) is 8.21. The van der Waals surface area contributed by atoms with Gasteiger partial charge in [0.2, 0.25) is 0 Å². The fraction of sp³-hybridized carbons (Fsp3) is 0.357. The van der Waals surface area contributed by atoms with Crippen LogP contribution in [0.1, 0.15) is 52.9 Å². The van der Waals surface area contributed by atoms with E-state index in [9.17, 15) is 4.79 Å². The van der Waals surface area contributed by atoms with Crippen LogP contribution < -0.4 is 20.9 Å². The van der Waals surface area contributed by atoms with Crippen molar-refractivity contribution in [2.75, 3.05) is 41.3 Å². The lowest BCUT2D eigenvalue weighted by molar-refractivity contribution is 0.100. The Labute approximate surface area is 211 Å². The van der Waals surface area contributed by atoms with E-state index >= 15 is 0 Å². The Balaban J connectivity index is 1.24. The number of nitrogens with one attached hydrogen (secondary N) is 1. The van der Waals surface area contributed by atoms with Gasteiger partial charge in [-0.2, -0.15) is 5.26 Å². The molecule has 0 unspecified atom stereocenters. The van der Waals surface area contributed by atoms with Crippen LogP contribution in [0.15, 0.2) is 54.9 Å². The topological polar surface area (TPSA) is 111 Å². The number of anilines is 3. The molecule has 0 spiro atoms. The number of hydrogen-bond donors (Lipinski definition) is 2. The van der Waals surface area contributed by atoms with E-state index < -0.39 is 5.91 Å². The van der Waals surface area contributed by atoms with E-state index in [0.29, 0.717) is 17.5 Å². The van der Waals surface area contributed by atoms with E-state index in [0.717, 1.165) is 56.2 Å². The Morgan fingerprint density at radius 2 is 1.75 bits per heavy atom. The molecule has 4 heterocycles. The SMILES string of the molecule is N#Cc1ccc(N2CCC(Nc3cc(Cc4ccc(N5CCCC5)cc4)ncc3C(N)=O)CC2)nc1. The summed E-state index contributed by atoms with van der Waals surface area (Å²) in [5.74, 6) is 0.401. The standard InChI is InChI=1S/C28H31N7O/c29-17-21-5-8-27(32-18-21)35-13-9-22(10-14-35)33-26-16-23(31-19-25(26)28(30)36)15-20-3-6-24(7-4-20)34-11-1-2-12-34/h3-8,16,18-19,22H,1-2,9-15H2,(H2,30,36)(H,31,33). The maximum absolute atomic E-state index is 12.1. The maximum atomic E-state index is 12.1. The number of piperidine rings is 1. The molecule has 1 aromatic carbocycles. The molecule has 3 N–H and O–H groups in total. The van der Waals surface area contributed by atoms with Gasteiger partial charge in [-0.3, -0.25) is 9.78 Å². The summed E-state index contributed by atoms with van der Waals surface area (Å²) in [7, 11) is 0. The van der Waals surface area contributed by atoms with Gasteiger partial charge in [0.05, 0.1) is 16.8 Å². The van der Waals surface area contributed by atoms with Crippen LogP contribution in [-0.2, 0) is 6.42 Å². The number of carbonyl (C=O) groups is 1. The normalized spacial score (nSPS) is 16.1. The summed E-state index contributed by atoms with van der Waals surface area (Å²) < 4.78 is 0. The minimum Gasteiger partial charge on any atom is -0.381 e. The molecule has 5 rings (SSSR count). The second kappa shape index (κ2) is 10.6. The van der Waals surface area contributed by atoms with Gasteiger partial charge >= 0.3 is 0 Å². The molecule has 8 nitrogen and oxygen atoms in total. The van der Waals surface area contributed by atoms with Crippen LogP contribution in [-0.4, -0.2) is 48.1 Å². The third kappa shape index (κ3) is 5.41. The predicted molar refractivity (Wildman–Crippen MR) is 141 cm³/mol. The minimum atomic E-state index is -0.481. The van der Waals surface area contributed by atoms with Crippen LogP contribution in [0.25, 0.3) is 0 Å². The molecule has 8 heteroatoms. The van der Waals surface area contributed by atoms with E-state index in [-0.39, 0.29) is 6.04 Å². The Hall–Kier alpha value is -4.12. The largest absolute Gasteiger partial charge is 0.381 e. The molecular formula is C28H31N7O. The number of amides is 1. The zero-order chi connectivity index (χ0) is 24.9. The van der Waals surface area contributed by atoms with Gasteiger partial charge in [0, 0.05) is 62.4 Å². The Bertz CT molecular complexity index is 1240. The number of nitriles is 1. The van der Waals surface area contributed by atoms with Gasteiger partial charge in [-0.15, -0.1) is 0 Å². The van der Waals surface area contributed by atoms with Gasteiger partial charge in [-0.1, -0.05) is 12.1 Å². The first kappa shape index (κ1) is 23.6. The average molecular weight is 482 g/mol. The smallest absolute Gasteiger partial charge is 0.252 e. The Morgan fingerprint density at radius 1 is 1.00 bits per heavy atom. The second-order valence-corrected chi connectivity index (χ2v) is 9.55. The molecule has 3 aromatic rings. The molecule has 2 fully saturated rings. The van der Waals surface area contributed by atoms with E-state index in [1.54, 1.807) is 18.5 Å². The van der Waals surface area contributed by atoms with Gasteiger partial charge in [0.15, 0.2) is 0 Å². The summed E-state index contributed by atoms with van der Waals surface area (Å²) in [6, 6.07) is 16.7. The first-order valence-electron chi connectivity index (χ1n) is 12.6. The van der Waals surface area contributed by atoms with Gasteiger partial charge in [0.1, 0.15) is 11.9 Å². The van der Waals surface area contributed by atoms with Crippen LogP contribution in [0, 0.1) is 11.3 Å². The fourth-order valence-electron chi connectivity index (χ4n) is 5.03. The van der Waals surface area contributed by atoms with Gasteiger partial charge in [-0.25, -0.2) is 4.98 Å². The number of pyridine rings is 2. The Morgan fingerprint density at radius 3 is 2.39 bits per heavy atom. The van der Waals surface area contributed by atoms with Crippen molar-refractivity contribution in [2.45, 2.75) is 38.1 Å². The monoisotopic (exact) mass is 481 g/mol. The van der Waals surface area contributed by atoms with Gasteiger partial charge in [-0.05, 0) is 61.6 Å². The molecule has 0 radical (unpaired) electrons. The lowest BCUT2D eigenvalue weighted by Crippen LogP contribution is -2.39. The molecule has 0 aliphatic carbocycles. The van der Waals surface area contributed by atoms with Crippen LogP contribution in [0.2, 0.25) is 0 Å². The number of primary amides is 1. The number of nitrogens with zero attached hydrogens (tertiary/aromatic N) is 5. The second-order valence-electron chi connectivity index (χ2n) is 9.55. The van der Waals surface area contributed by atoms with Gasteiger partial charge in [0.25, 0.3) is 5.91 Å². The number of hydrogen-bond acceptors (Lipinski definition) is 7. The maximum Gasteiger partial charge on any atom is 0.252 e. The zero-order valence-corrected chi connectivity index (χ0v) is 20.4. The number of benzene rings is 1. The van der Waals surface area contributed by atoms with Crippen molar-refractivity contribution in [1.29, 1.82) is 5.26 Å². The Kier molecular flexibility index (Phi) is 6.99. The summed E-state index contributed by atoms with van der Waals surface area (Å²) in [4.78, 5) is 25.7. The molecule has 2 aromatic heterocycles. The third-order valence-corrected chi connectivity index (χ3v) is 7.07. The predicted octanol–water partition coefficient (Wildman–Crippen LogP) is 3.72. The van der Waals surface area contributed by atoms with E-state index in [1.165, 1.54) is 24.1 Å². The van der Waals surface area contributed by atoms with Crippen molar-refractivity contribution in [1.82, 2.24) is 9.97 Å². The summed E-state index contributed by atoms with van der Waals surface area (Å²) in [6.45, 7) is 3.94. The quantitative estimate of drug-likeness (QED) is 0.529. The highest BCUT2D eigenvalue weighted by molar-refractivity contribution is 5.98. The molecule has 0 atom stereocenters. The van der Waals surface area contributed by atoms with Crippen molar-refractivity contribution in [3.8, 4) is 6.07 Å². The highest BCUT2D eigenvalue weighted by Crippen LogP contribution is 2.25. The number of aromatic nitrogens is 2. The van der Waals surface area contributed by atoms with Crippen molar-refractivity contribution >= 4 is 23.1 Å². The number of carbonyl (C=O) groups excluding carboxylic acids is 1. The van der Waals surface area contributed by atoms with Crippen molar-refractivity contribution in [3.63, 3.8) is 0 Å². The zero-order valence-electron chi connectivity index (χ0n) is 20.4. The molecule has 2 saturated heterocycles. The first-order valence-corrected chi connectivity index (χ1v) is 12.6. The number of nitrogens with two attached hydrogens (primary N) is 1. The summed E-state index contributed by atoms with van der Waals surface area (Å²) in [5.41, 5.74) is 10.7. The number of rotatable bonds is 7. The van der Waals surface area contributed by atoms with E-state index in [2.05, 4.69) is 55.4 Å². The summed E-state index contributed by atoms with van der Waals surface area (Å²) in [5, 5.41) is 12.5. The molecule has 36 heavy (non-hydrogen) atoms. The molecule has 2 aliphatic rings. The van der Waals surface area contributed by atoms with E-state index in [1.807, 2.05) is 12.1 Å². The molecular weight excluding hydrogens is 450 g/mol. The minimum absolute atomic E-state index is 0.215. The molecule has 2 aliphatic heterocycles. The van der Waals surface area contributed by atoms with Crippen molar-refractivity contribution < 1.29 is 4.79 Å².